The Hall–Kier alpha value is -1.10. The molecule has 5 heteroatoms. The number of rotatable bonds is 6. The maximum atomic E-state index is 11.8. The van der Waals surface area contributed by atoms with Crippen LogP contribution in [0.2, 0.25) is 0 Å². The molecule has 104 valence electrons. The zero-order valence-corrected chi connectivity index (χ0v) is 11.1. The molecule has 0 spiro atoms. The molecule has 0 bridgehead atoms. The molecule has 1 aliphatic carbocycles. The van der Waals surface area contributed by atoms with Crippen LogP contribution in [0.5, 0.6) is 0 Å². The lowest BCUT2D eigenvalue weighted by molar-refractivity contribution is -0.165. The van der Waals surface area contributed by atoms with E-state index in [-0.39, 0.29) is 19.6 Å². The number of ether oxygens (including phenoxy) is 2. The number of carbonyl (C=O) groups excluding carboxylic acids is 2. The Morgan fingerprint density at radius 2 is 1.56 bits per heavy atom. The average Bonchev–Trinajstić information content (AvgIpc) is 2.74. The standard InChI is InChI=1S/C13H22O5/c1-3-17-11(14)10(12(15)18-4-2)9-13(16)7-5-6-8-13/h10,16H,3-9H2,1-2H3. The topological polar surface area (TPSA) is 72.8 Å². The molecule has 1 N–H and O–H groups in total. The minimum absolute atomic E-state index is 0.102. The van der Waals surface area contributed by atoms with Gasteiger partial charge in [-0.1, -0.05) is 12.8 Å². The molecule has 5 nitrogen and oxygen atoms in total. The summed E-state index contributed by atoms with van der Waals surface area (Å²) in [6.07, 6.45) is 3.21. The Balaban J connectivity index is 2.70. The molecule has 0 aromatic carbocycles. The Morgan fingerprint density at radius 1 is 1.11 bits per heavy atom. The summed E-state index contributed by atoms with van der Waals surface area (Å²) in [5.41, 5.74) is -0.926. The van der Waals surface area contributed by atoms with E-state index < -0.39 is 23.5 Å². The first-order chi connectivity index (χ1) is 8.52. The van der Waals surface area contributed by atoms with Gasteiger partial charge in [0.25, 0.3) is 0 Å². The summed E-state index contributed by atoms with van der Waals surface area (Å²) in [5, 5.41) is 10.3. The number of hydrogen-bond donors (Lipinski definition) is 1. The Bertz CT molecular complexity index is 276. The highest BCUT2D eigenvalue weighted by atomic mass is 16.6. The smallest absolute Gasteiger partial charge is 0.320 e. The van der Waals surface area contributed by atoms with Crippen molar-refractivity contribution in [2.75, 3.05) is 13.2 Å². The quantitative estimate of drug-likeness (QED) is 0.576. The highest BCUT2D eigenvalue weighted by Gasteiger charge is 2.40. The van der Waals surface area contributed by atoms with Crippen LogP contribution < -0.4 is 0 Å². The molecule has 0 unspecified atom stereocenters. The van der Waals surface area contributed by atoms with E-state index in [2.05, 4.69) is 0 Å². The molecule has 0 saturated heterocycles. The van der Waals surface area contributed by atoms with Crippen molar-refractivity contribution < 1.29 is 24.2 Å². The number of hydrogen-bond acceptors (Lipinski definition) is 5. The van der Waals surface area contributed by atoms with Gasteiger partial charge in [-0.05, 0) is 26.7 Å². The molecule has 0 aliphatic heterocycles. The third-order valence-electron chi connectivity index (χ3n) is 3.26. The van der Waals surface area contributed by atoms with Crippen LogP contribution in [0, 0.1) is 5.92 Å². The lowest BCUT2D eigenvalue weighted by atomic mass is 9.89. The first-order valence-corrected chi connectivity index (χ1v) is 6.58. The minimum atomic E-state index is -1.01. The Morgan fingerprint density at radius 3 is 1.94 bits per heavy atom. The van der Waals surface area contributed by atoms with E-state index >= 15 is 0 Å². The van der Waals surface area contributed by atoms with Crippen LogP contribution in [0.15, 0.2) is 0 Å². The van der Waals surface area contributed by atoms with Crippen LogP contribution in [0.3, 0.4) is 0 Å². The average molecular weight is 258 g/mol. The maximum Gasteiger partial charge on any atom is 0.320 e. The van der Waals surface area contributed by atoms with Gasteiger partial charge >= 0.3 is 11.9 Å². The van der Waals surface area contributed by atoms with Crippen LogP contribution in [0.25, 0.3) is 0 Å². The second-order valence-corrected chi connectivity index (χ2v) is 4.69. The number of esters is 2. The Labute approximate surface area is 107 Å². The van der Waals surface area contributed by atoms with E-state index in [9.17, 15) is 14.7 Å². The minimum Gasteiger partial charge on any atom is -0.465 e. The molecule has 0 aromatic rings. The largest absolute Gasteiger partial charge is 0.465 e. The maximum absolute atomic E-state index is 11.8. The van der Waals surface area contributed by atoms with E-state index in [4.69, 9.17) is 9.47 Å². The summed E-state index contributed by atoms with van der Waals surface area (Å²) in [4.78, 5) is 23.5. The second-order valence-electron chi connectivity index (χ2n) is 4.69. The van der Waals surface area contributed by atoms with Gasteiger partial charge < -0.3 is 14.6 Å². The normalized spacial score (nSPS) is 17.8. The van der Waals surface area contributed by atoms with Crippen LogP contribution in [0.1, 0.15) is 46.0 Å². The van der Waals surface area contributed by atoms with Crippen LogP contribution in [0.4, 0.5) is 0 Å². The van der Waals surface area contributed by atoms with Gasteiger partial charge in [0.15, 0.2) is 5.92 Å². The Kier molecular flexibility index (Phi) is 5.59. The predicted molar refractivity (Wildman–Crippen MR) is 64.8 cm³/mol. The lowest BCUT2D eigenvalue weighted by Crippen LogP contribution is -2.37. The van der Waals surface area contributed by atoms with Crippen molar-refractivity contribution in [1.82, 2.24) is 0 Å². The lowest BCUT2D eigenvalue weighted by Gasteiger charge is -2.25. The zero-order valence-electron chi connectivity index (χ0n) is 11.1. The fourth-order valence-electron chi connectivity index (χ4n) is 2.37. The van der Waals surface area contributed by atoms with Crippen molar-refractivity contribution in [3.63, 3.8) is 0 Å². The SMILES string of the molecule is CCOC(=O)C(CC1(O)CCCC1)C(=O)OCC. The van der Waals surface area contributed by atoms with Gasteiger partial charge in [-0.15, -0.1) is 0 Å². The summed E-state index contributed by atoms with van der Waals surface area (Å²) in [6.45, 7) is 3.80. The molecule has 0 amide bonds. The molecule has 1 aliphatic rings. The molecule has 0 radical (unpaired) electrons. The van der Waals surface area contributed by atoms with Crippen LogP contribution in [-0.4, -0.2) is 35.9 Å². The van der Waals surface area contributed by atoms with E-state index in [1.807, 2.05) is 0 Å². The molecular formula is C13H22O5. The second kappa shape index (κ2) is 6.73. The van der Waals surface area contributed by atoms with Crippen molar-refractivity contribution in [1.29, 1.82) is 0 Å². The van der Waals surface area contributed by atoms with E-state index in [1.54, 1.807) is 13.8 Å². The first-order valence-electron chi connectivity index (χ1n) is 6.58. The molecule has 0 aromatic heterocycles. The van der Waals surface area contributed by atoms with Gasteiger partial charge in [-0.3, -0.25) is 9.59 Å². The zero-order chi connectivity index (χ0) is 13.6. The summed E-state index contributed by atoms with van der Waals surface area (Å²) >= 11 is 0. The first kappa shape index (κ1) is 15.0. The molecule has 1 saturated carbocycles. The molecule has 18 heavy (non-hydrogen) atoms. The number of aliphatic hydroxyl groups is 1. The highest BCUT2D eigenvalue weighted by molar-refractivity contribution is 5.95. The van der Waals surface area contributed by atoms with Crippen LogP contribution in [-0.2, 0) is 19.1 Å². The third kappa shape index (κ3) is 3.98. The van der Waals surface area contributed by atoms with E-state index in [0.717, 1.165) is 12.8 Å². The van der Waals surface area contributed by atoms with Gasteiger partial charge in [0.2, 0.25) is 0 Å². The van der Waals surface area contributed by atoms with Crippen molar-refractivity contribution in [2.45, 2.75) is 51.6 Å². The van der Waals surface area contributed by atoms with Gasteiger partial charge in [0.1, 0.15) is 0 Å². The molecule has 1 fully saturated rings. The van der Waals surface area contributed by atoms with Crippen molar-refractivity contribution in [3.8, 4) is 0 Å². The summed E-state index contributed by atoms with van der Waals surface area (Å²) in [6, 6.07) is 0. The monoisotopic (exact) mass is 258 g/mol. The molecule has 1 rings (SSSR count). The molecule has 0 atom stereocenters. The summed E-state index contributed by atoms with van der Waals surface area (Å²) in [7, 11) is 0. The van der Waals surface area contributed by atoms with Crippen LogP contribution >= 0.6 is 0 Å². The van der Waals surface area contributed by atoms with Crippen molar-refractivity contribution >= 4 is 11.9 Å². The fourth-order valence-corrected chi connectivity index (χ4v) is 2.37. The highest BCUT2D eigenvalue weighted by Crippen LogP contribution is 2.35. The van der Waals surface area contributed by atoms with Crippen molar-refractivity contribution in [2.24, 2.45) is 5.92 Å². The fraction of sp³-hybridized carbons (Fsp3) is 0.846. The number of carbonyl (C=O) groups is 2. The third-order valence-corrected chi connectivity index (χ3v) is 3.26. The predicted octanol–water partition coefficient (Wildman–Crippen LogP) is 1.42. The summed E-state index contributed by atoms with van der Waals surface area (Å²) in [5.74, 6) is -2.21. The van der Waals surface area contributed by atoms with E-state index in [1.165, 1.54) is 0 Å². The van der Waals surface area contributed by atoms with Gasteiger partial charge in [0, 0.05) is 6.42 Å². The van der Waals surface area contributed by atoms with Crippen molar-refractivity contribution in [3.05, 3.63) is 0 Å². The van der Waals surface area contributed by atoms with Gasteiger partial charge in [-0.2, -0.15) is 0 Å². The van der Waals surface area contributed by atoms with E-state index in [0.29, 0.717) is 12.8 Å². The van der Waals surface area contributed by atoms with Gasteiger partial charge in [0.05, 0.1) is 18.8 Å². The molecule has 0 heterocycles. The molecular weight excluding hydrogens is 236 g/mol. The van der Waals surface area contributed by atoms with Gasteiger partial charge in [-0.25, -0.2) is 0 Å². The summed E-state index contributed by atoms with van der Waals surface area (Å²) < 4.78 is 9.75.